The van der Waals surface area contributed by atoms with E-state index < -0.39 is 0 Å². The van der Waals surface area contributed by atoms with Crippen LogP contribution in [0.25, 0.3) is 0 Å². The van der Waals surface area contributed by atoms with Crippen molar-refractivity contribution < 1.29 is 14.3 Å². The summed E-state index contributed by atoms with van der Waals surface area (Å²) in [5.74, 6) is 0.468. The third-order valence-corrected chi connectivity index (χ3v) is 5.89. The van der Waals surface area contributed by atoms with Gasteiger partial charge in [-0.15, -0.1) is 0 Å². The average Bonchev–Trinajstić information content (AvgIpc) is 3.26. The van der Waals surface area contributed by atoms with Crippen LogP contribution in [0.2, 0.25) is 0 Å². The van der Waals surface area contributed by atoms with Crippen molar-refractivity contribution in [1.82, 2.24) is 4.90 Å². The summed E-state index contributed by atoms with van der Waals surface area (Å²) in [6.45, 7) is 7.04. The van der Waals surface area contributed by atoms with Crippen LogP contribution in [0.5, 0.6) is 0 Å². The highest BCUT2D eigenvalue weighted by molar-refractivity contribution is 6.00. The maximum atomic E-state index is 13.2. The van der Waals surface area contributed by atoms with E-state index in [0.717, 1.165) is 42.9 Å². The lowest BCUT2D eigenvalue weighted by atomic mass is 9.95. The van der Waals surface area contributed by atoms with Crippen molar-refractivity contribution in [2.75, 3.05) is 31.6 Å². The second-order valence-corrected chi connectivity index (χ2v) is 7.66. The van der Waals surface area contributed by atoms with Crippen molar-refractivity contribution >= 4 is 17.3 Å². The van der Waals surface area contributed by atoms with Crippen LogP contribution in [0.4, 0.5) is 11.4 Å². The lowest BCUT2D eigenvalue weighted by molar-refractivity contribution is -0.0956. The molecule has 0 spiro atoms. The van der Waals surface area contributed by atoms with Crippen molar-refractivity contribution in [3.63, 3.8) is 0 Å². The van der Waals surface area contributed by atoms with Gasteiger partial charge in [0.25, 0.3) is 5.91 Å². The monoisotopic (exact) mass is 380 g/mol. The van der Waals surface area contributed by atoms with E-state index in [4.69, 9.17) is 9.47 Å². The summed E-state index contributed by atoms with van der Waals surface area (Å²) in [5.41, 5.74) is 5.03. The van der Waals surface area contributed by atoms with Crippen molar-refractivity contribution in [3.8, 4) is 0 Å². The van der Waals surface area contributed by atoms with Gasteiger partial charge in [-0.2, -0.15) is 0 Å². The molecule has 2 heterocycles. The Labute approximate surface area is 166 Å². The summed E-state index contributed by atoms with van der Waals surface area (Å²) in [6, 6.07) is 14.0. The largest absolute Gasteiger partial charge is 0.355 e. The smallest absolute Gasteiger partial charge is 0.255 e. The summed E-state index contributed by atoms with van der Waals surface area (Å²) in [5, 5.41) is 3.47. The zero-order valence-electron chi connectivity index (χ0n) is 16.6. The Balaban J connectivity index is 1.47. The van der Waals surface area contributed by atoms with Gasteiger partial charge in [0.05, 0.1) is 24.5 Å². The first-order valence-corrected chi connectivity index (χ1v) is 10.1. The number of piperidine rings is 1. The first kappa shape index (κ1) is 19.0. The lowest BCUT2D eigenvalue weighted by Gasteiger charge is -2.34. The molecule has 0 radical (unpaired) electrons. The number of benzene rings is 2. The van der Waals surface area contributed by atoms with E-state index in [1.54, 1.807) is 0 Å². The number of aryl methyl sites for hydroxylation is 1. The van der Waals surface area contributed by atoms with Gasteiger partial charge in [0.2, 0.25) is 0 Å². The molecule has 0 unspecified atom stereocenters. The Kier molecular flexibility index (Phi) is 5.64. The number of rotatable bonds is 4. The molecule has 5 nitrogen and oxygen atoms in total. The molecule has 2 aliphatic rings. The molecule has 1 N–H and O–H groups in total. The molecule has 2 aromatic carbocycles. The number of hydrogen-bond donors (Lipinski definition) is 1. The SMILES string of the molecule is Cc1cccc(Nc2ccccc2C(=O)N2CCC(C3OCCO3)CC2)c1C. The van der Waals surface area contributed by atoms with E-state index in [9.17, 15) is 4.79 Å². The zero-order valence-corrected chi connectivity index (χ0v) is 16.6. The first-order chi connectivity index (χ1) is 13.6. The Morgan fingerprint density at radius 2 is 1.64 bits per heavy atom. The maximum Gasteiger partial charge on any atom is 0.255 e. The van der Waals surface area contributed by atoms with E-state index in [0.29, 0.717) is 19.1 Å². The predicted molar refractivity (Wildman–Crippen MR) is 110 cm³/mol. The van der Waals surface area contributed by atoms with Crippen molar-refractivity contribution in [1.29, 1.82) is 0 Å². The van der Waals surface area contributed by atoms with Crippen LogP contribution in [-0.4, -0.2) is 43.4 Å². The number of hydrogen-bond acceptors (Lipinski definition) is 4. The van der Waals surface area contributed by atoms with Crippen LogP contribution in [-0.2, 0) is 9.47 Å². The quantitative estimate of drug-likeness (QED) is 0.861. The van der Waals surface area contributed by atoms with Gasteiger partial charge in [0, 0.05) is 24.7 Å². The Morgan fingerprint density at radius 1 is 0.964 bits per heavy atom. The second kappa shape index (κ2) is 8.33. The van der Waals surface area contributed by atoms with Crippen LogP contribution in [0.1, 0.15) is 34.3 Å². The van der Waals surface area contributed by atoms with Crippen LogP contribution >= 0.6 is 0 Å². The third-order valence-electron chi connectivity index (χ3n) is 5.89. The number of nitrogens with one attached hydrogen (secondary N) is 1. The second-order valence-electron chi connectivity index (χ2n) is 7.66. The summed E-state index contributed by atoms with van der Waals surface area (Å²) in [7, 11) is 0. The zero-order chi connectivity index (χ0) is 19.5. The molecule has 28 heavy (non-hydrogen) atoms. The fraction of sp³-hybridized carbons (Fsp3) is 0.435. The van der Waals surface area contributed by atoms with E-state index in [-0.39, 0.29) is 12.2 Å². The normalized spacial score (nSPS) is 18.4. The summed E-state index contributed by atoms with van der Waals surface area (Å²) < 4.78 is 11.3. The number of carbonyl (C=O) groups excluding carboxylic acids is 1. The summed E-state index contributed by atoms with van der Waals surface area (Å²) in [4.78, 5) is 15.2. The molecule has 2 aliphatic heterocycles. The van der Waals surface area contributed by atoms with E-state index in [1.165, 1.54) is 11.1 Å². The summed E-state index contributed by atoms with van der Waals surface area (Å²) in [6.07, 6.45) is 1.75. The number of ether oxygens (including phenoxy) is 2. The first-order valence-electron chi connectivity index (χ1n) is 10.1. The molecule has 0 aliphatic carbocycles. The fourth-order valence-corrected chi connectivity index (χ4v) is 4.00. The van der Waals surface area contributed by atoms with Gasteiger partial charge in [0.15, 0.2) is 6.29 Å². The van der Waals surface area contributed by atoms with E-state index >= 15 is 0 Å². The molecule has 1 amide bonds. The highest BCUT2D eigenvalue weighted by Gasteiger charge is 2.32. The van der Waals surface area contributed by atoms with E-state index in [1.807, 2.05) is 35.2 Å². The standard InChI is InChI=1S/C23H28N2O3/c1-16-6-5-9-20(17(16)2)24-21-8-4-3-7-19(21)22(26)25-12-10-18(11-13-25)23-27-14-15-28-23/h3-9,18,23-24H,10-15H2,1-2H3. The molecule has 4 rings (SSSR count). The highest BCUT2D eigenvalue weighted by Crippen LogP contribution is 2.29. The number of nitrogens with zero attached hydrogens (tertiary/aromatic N) is 1. The predicted octanol–water partition coefficient (Wildman–Crippen LogP) is 4.27. The third kappa shape index (κ3) is 3.91. The molecule has 0 atom stereocenters. The maximum absolute atomic E-state index is 13.2. The number of para-hydroxylation sites is 1. The Hall–Kier alpha value is -2.37. The highest BCUT2D eigenvalue weighted by atomic mass is 16.7. The minimum atomic E-state index is -0.0875. The van der Waals surface area contributed by atoms with Gasteiger partial charge >= 0.3 is 0 Å². The molecule has 5 heteroatoms. The fourth-order valence-electron chi connectivity index (χ4n) is 4.00. The van der Waals surface area contributed by atoms with Crippen molar-refractivity contribution in [2.24, 2.45) is 5.92 Å². The number of carbonyl (C=O) groups is 1. The van der Waals surface area contributed by atoms with Crippen LogP contribution in [0.3, 0.4) is 0 Å². The van der Waals surface area contributed by atoms with Crippen LogP contribution < -0.4 is 5.32 Å². The Morgan fingerprint density at radius 3 is 2.39 bits per heavy atom. The van der Waals surface area contributed by atoms with Gasteiger partial charge in [0.1, 0.15) is 0 Å². The van der Waals surface area contributed by atoms with Gasteiger partial charge < -0.3 is 19.7 Å². The summed E-state index contributed by atoms with van der Waals surface area (Å²) >= 11 is 0. The van der Waals surface area contributed by atoms with Crippen molar-refractivity contribution in [3.05, 3.63) is 59.2 Å². The molecule has 0 saturated carbocycles. The molecule has 0 aromatic heterocycles. The number of amides is 1. The minimum Gasteiger partial charge on any atom is -0.355 e. The molecular weight excluding hydrogens is 352 g/mol. The molecule has 148 valence electrons. The minimum absolute atomic E-state index is 0.0834. The van der Waals surface area contributed by atoms with Gasteiger partial charge in [-0.1, -0.05) is 24.3 Å². The van der Waals surface area contributed by atoms with Gasteiger partial charge in [-0.05, 0) is 56.0 Å². The molecule has 0 bridgehead atoms. The Bertz CT molecular complexity index is 837. The number of likely N-dealkylation sites (tertiary alicyclic amines) is 1. The lowest BCUT2D eigenvalue weighted by Crippen LogP contribution is -2.41. The number of anilines is 2. The van der Waals surface area contributed by atoms with Gasteiger partial charge in [-0.3, -0.25) is 4.79 Å². The average molecular weight is 380 g/mol. The molecule has 2 fully saturated rings. The topological polar surface area (TPSA) is 50.8 Å². The van der Waals surface area contributed by atoms with E-state index in [2.05, 4.69) is 31.3 Å². The molecule has 2 aromatic rings. The molecule has 2 saturated heterocycles. The van der Waals surface area contributed by atoms with Gasteiger partial charge in [-0.25, -0.2) is 0 Å². The molecular formula is C23H28N2O3. The van der Waals surface area contributed by atoms with Crippen LogP contribution in [0.15, 0.2) is 42.5 Å². The van der Waals surface area contributed by atoms with Crippen molar-refractivity contribution in [2.45, 2.75) is 33.0 Å². The van der Waals surface area contributed by atoms with Crippen LogP contribution in [0, 0.1) is 19.8 Å².